The van der Waals surface area contributed by atoms with E-state index in [2.05, 4.69) is 0 Å². The lowest BCUT2D eigenvalue weighted by Crippen LogP contribution is -2.00. The Hall–Kier alpha value is -1.12. The highest BCUT2D eigenvalue weighted by molar-refractivity contribution is 5.32. The summed E-state index contributed by atoms with van der Waals surface area (Å²) >= 11 is 0. The van der Waals surface area contributed by atoms with E-state index in [9.17, 15) is 8.78 Å². The molecule has 0 spiro atoms. The summed E-state index contributed by atoms with van der Waals surface area (Å²) in [5, 5.41) is 0. The maximum Gasteiger partial charge on any atom is 0.190 e. The van der Waals surface area contributed by atoms with Gasteiger partial charge in [-0.3, -0.25) is 0 Å². The van der Waals surface area contributed by atoms with Gasteiger partial charge in [-0.05, 0) is 30.5 Å². The van der Waals surface area contributed by atoms with Crippen LogP contribution < -0.4 is 4.74 Å². The minimum Gasteiger partial charge on any atom is -0.488 e. The molecule has 0 heterocycles. The first-order chi connectivity index (χ1) is 6.56. The third-order valence-corrected chi connectivity index (χ3v) is 1.98. The van der Waals surface area contributed by atoms with Crippen molar-refractivity contribution in [3.8, 4) is 5.75 Å². The van der Waals surface area contributed by atoms with E-state index in [1.54, 1.807) is 6.92 Å². The zero-order chi connectivity index (χ0) is 10.7. The number of hydrogen-bond acceptors (Lipinski definition) is 1. The Labute approximate surface area is 82.7 Å². The number of ether oxygens (including phenoxy) is 1. The molecule has 0 aliphatic heterocycles. The van der Waals surface area contributed by atoms with Gasteiger partial charge in [0.05, 0.1) is 6.61 Å². The summed E-state index contributed by atoms with van der Waals surface area (Å²) in [6, 6.07) is 2.64. The van der Waals surface area contributed by atoms with Crippen molar-refractivity contribution < 1.29 is 13.5 Å². The van der Waals surface area contributed by atoms with Gasteiger partial charge in [0.2, 0.25) is 0 Å². The van der Waals surface area contributed by atoms with Crippen LogP contribution >= 0.6 is 0 Å². The van der Waals surface area contributed by atoms with Crippen molar-refractivity contribution in [2.45, 2.75) is 26.7 Å². The average Bonchev–Trinajstić information content (AvgIpc) is 2.10. The fraction of sp³-hybridized carbons (Fsp3) is 0.455. The van der Waals surface area contributed by atoms with Gasteiger partial charge in [-0.1, -0.05) is 13.8 Å². The van der Waals surface area contributed by atoms with Crippen molar-refractivity contribution in [2.75, 3.05) is 6.61 Å². The van der Waals surface area contributed by atoms with E-state index in [1.165, 1.54) is 12.1 Å². The zero-order valence-electron chi connectivity index (χ0n) is 8.60. The molecule has 1 rings (SSSR count). The van der Waals surface area contributed by atoms with Crippen LogP contribution in [0.25, 0.3) is 0 Å². The number of benzene rings is 1. The molecule has 0 N–H and O–H groups in total. The summed E-state index contributed by atoms with van der Waals surface area (Å²) < 4.78 is 31.4. The summed E-state index contributed by atoms with van der Waals surface area (Å²) in [6.45, 7) is 5.72. The Bertz CT molecular complexity index is 298. The van der Waals surface area contributed by atoms with Crippen molar-refractivity contribution in [1.82, 2.24) is 0 Å². The van der Waals surface area contributed by atoms with Gasteiger partial charge in [-0.2, -0.15) is 0 Å². The lowest BCUT2D eigenvalue weighted by Gasteiger charge is -2.10. The van der Waals surface area contributed by atoms with Crippen LogP contribution in [0.5, 0.6) is 5.75 Å². The van der Waals surface area contributed by atoms with Gasteiger partial charge in [-0.15, -0.1) is 0 Å². The van der Waals surface area contributed by atoms with Crippen LogP contribution in [0.1, 0.15) is 32.3 Å². The molecule has 0 unspecified atom stereocenters. The highest BCUT2D eigenvalue weighted by Crippen LogP contribution is 2.26. The van der Waals surface area contributed by atoms with Crippen LogP contribution in [0.15, 0.2) is 12.1 Å². The fourth-order valence-electron chi connectivity index (χ4n) is 1.20. The molecule has 3 heteroatoms. The maximum atomic E-state index is 13.3. The van der Waals surface area contributed by atoms with E-state index in [-0.39, 0.29) is 18.3 Å². The molecule has 78 valence electrons. The number of halogens is 2. The Morgan fingerprint density at radius 3 is 2.07 bits per heavy atom. The molecule has 1 aromatic rings. The first kappa shape index (κ1) is 11.0. The molecule has 0 amide bonds. The van der Waals surface area contributed by atoms with Crippen molar-refractivity contribution in [3.05, 3.63) is 29.3 Å². The molecule has 1 nitrogen and oxygen atoms in total. The predicted molar refractivity (Wildman–Crippen MR) is 51.6 cm³/mol. The standard InChI is InChI=1S/C11H14F2O/c1-4-14-11-9(12)5-8(7(2)3)6-10(11)13/h5-7H,4H2,1-3H3. The lowest BCUT2D eigenvalue weighted by atomic mass is 10.0. The molecule has 0 saturated heterocycles. The van der Waals surface area contributed by atoms with Gasteiger partial charge in [0.25, 0.3) is 0 Å². The van der Waals surface area contributed by atoms with Gasteiger partial charge in [0.1, 0.15) is 0 Å². The van der Waals surface area contributed by atoms with Crippen molar-refractivity contribution in [3.63, 3.8) is 0 Å². The van der Waals surface area contributed by atoms with E-state index in [1.807, 2.05) is 13.8 Å². The molecule has 0 bridgehead atoms. The highest BCUT2D eigenvalue weighted by atomic mass is 19.1. The SMILES string of the molecule is CCOc1c(F)cc(C(C)C)cc1F. The predicted octanol–water partition coefficient (Wildman–Crippen LogP) is 3.49. The second kappa shape index (κ2) is 4.40. The average molecular weight is 200 g/mol. The van der Waals surface area contributed by atoms with E-state index >= 15 is 0 Å². The Morgan fingerprint density at radius 2 is 1.71 bits per heavy atom. The zero-order valence-corrected chi connectivity index (χ0v) is 8.60. The smallest absolute Gasteiger partial charge is 0.190 e. The third kappa shape index (κ3) is 2.22. The third-order valence-electron chi connectivity index (χ3n) is 1.98. The summed E-state index contributed by atoms with van der Waals surface area (Å²) in [5.74, 6) is -1.43. The monoisotopic (exact) mass is 200 g/mol. The van der Waals surface area contributed by atoms with E-state index in [0.717, 1.165) is 0 Å². The molecule has 0 atom stereocenters. The summed E-state index contributed by atoms with van der Waals surface area (Å²) in [5.41, 5.74) is 0.642. The molecule has 1 aromatic carbocycles. The lowest BCUT2D eigenvalue weighted by molar-refractivity contribution is 0.302. The van der Waals surface area contributed by atoms with Gasteiger partial charge in [-0.25, -0.2) is 8.78 Å². The minimum absolute atomic E-state index is 0.106. The largest absolute Gasteiger partial charge is 0.488 e. The van der Waals surface area contributed by atoms with Crippen LogP contribution in [0.4, 0.5) is 8.78 Å². The van der Waals surface area contributed by atoms with Crippen molar-refractivity contribution >= 4 is 0 Å². The number of hydrogen-bond donors (Lipinski definition) is 0. The molecule has 0 radical (unpaired) electrons. The first-order valence-corrected chi connectivity index (χ1v) is 4.68. The molecular formula is C11H14F2O. The van der Waals surface area contributed by atoms with Crippen LogP contribution in [0.2, 0.25) is 0 Å². The van der Waals surface area contributed by atoms with Crippen LogP contribution in [0.3, 0.4) is 0 Å². The van der Waals surface area contributed by atoms with E-state index in [0.29, 0.717) is 5.56 Å². The quantitative estimate of drug-likeness (QED) is 0.725. The van der Waals surface area contributed by atoms with E-state index < -0.39 is 11.6 Å². The van der Waals surface area contributed by atoms with Crippen LogP contribution in [-0.4, -0.2) is 6.61 Å². The summed E-state index contributed by atoms with van der Waals surface area (Å²) in [7, 11) is 0. The van der Waals surface area contributed by atoms with Crippen LogP contribution in [0, 0.1) is 11.6 Å². The second-order valence-corrected chi connectivity index (χ2v) is 3.40. The van der Waals surface area contributed by atoms with Gasteiger partial charge < -0.3 is 4.74 Å². The molecule has 0 fully saturated rings. The minimum atomic E-state index is -0.629. The molecule has 0 aliphatic rings. The first-order valence-electron chi connectivity index (χ1n) is 4.68. The highest BCUT2D eigenvalue weighted by Gasteiger charge is 2.13. The Kier molecular flexibility index (Phi) is 3.44. The molecule has 0 saturated carbocycles. The summed E-state index contributed by atoms with van der Waals surface area (Å²) in [6.07, 6.45) is 0. The number of rotatable bonds is 3. The Balaban J connectivity index is 3.11. The van der Waals surface area contributed by atoms with Gasteiger partial charge in [0.15, 0.2) is 17.4 Å². The van der Waals surface area contributed by atoms with Gasteiger partial charge in [0, 0.05) is 0 Å². The molecule has 14 heavy (non-hydrogen) atoms. The van der Waals surface area contributed by atoms with Crippen LogP contribution in [-0.2, 0) is 0 Å². The molecule has 0 aliphatic carbocycles. The van der Waals surface area contributed by atoms with Crippen molar-refractivity contribution in [1.29, 1.82) is 0 Å². The second-order valence-electron chi connectivity index (χ2n) is 3.40. The normalized spacial score (nSPS) is 10.7. The van der Waals surface area contributed by atoms with Crippen molar-refractivity contribution in [2.24, 2.45) is 0 Å². The van der Waals surface area contributed by atoms with E-state index in [4.69, 9.17) is 4.74 Å². The summed E-state index contributed by atoms with van der Waals surface area (Å²) in [4.78, 5) is 0. The fourth-order valence-corrected chi connectivity index (χ4v) is 1.20. The Morgan fingerprint density at radius 1 is 1.21 bits per heavy atom. The van der Waals surface area contributed by atoms with Gasteiger partial charge >= 0.3 is 0 Å². The topological polar surface area (TPSA) is 9.23 Å². The maximum absolute atomic E-state index is 13.3. The molecular weight excluding hydrogens is 186 g/mol. The molecule has 0 aromatic heterocycles.